The molecule has 2 aromatic heterocycles. The second kappa shape index (κ2) is 9.56. The molecule has 0 spiro atoms. The molecule has 0 saturated carbocycles. The van der Waals surface area contributed by atoms with E-state index in [0.717, 1.165) is 11.1 Å². The summed E-state index contributed by atoms with van der Waals surface area (Å²) in [5.74, 6) is 0.684. The molecule has 0 radical (unpaired) electrons. The van der Waals surface area contributed by atoms with Crippen LogP contribution in [0.1, 0.15) is 39.1 Å². The first-order chi connectivity index (χ1) is 16.6. The lowest BCUT2D eigenvalue weighted by Gasteiger charge is -2.38. The zero-order valence-electron chi connectivity index (χ0n) is 18.8. The predicted octanol–water partition coefficient (Wildman–Crippen LogP) is 3.31. The van der Waals surface area contributed by atoms with Crippen molar-refractivity contribution in [3.05, 3.63) is 101 Å². The third kappa shape index (κ3) is 4.60. The van der Waals surface area contributed by atoms with E-state index in [4.69, 9.17) is 4.42 Å². The topological polar surface area (TPSA) is 80.3 Å². The first-order valence-corrected chi connectivity index (χ1v) is 11.2. The number of aryl methyl sites for hydroxylation is 1. The van der Waals surface area contributed by atoms with E-state index < -0.39 is 0 Å². The predicted molar refractivity (Wildman–Crippen MR) is 123 cm³/mol. The molecule has 0 unspecified atom stereocenters. The zero-order valence-corrected chi connectivity index (χ0v) is 18.8. The average molecular weight is 461 g/mol. The molecule has 174 valence electrons. The van der Waals surface area contributed by atoms with Crippen LogP contribution in [0.25, 0.3) is 0 Å². The Balaban J connectivity index is 1.40. The van der Waals surface area contributed by atoms with Gasteiger partial charge in [-0.15, -0.1) is 5.10 Å². The number of piperazine rings is 1. The molecule has 1 saturated heterocycles. The number of tetrazole rings is 1. The number of nitrogens with zero attached hydrogens (tertiary/aromatic N) is 6. The molecule has 5 rings (SSSR count). The van der Waals surface area contributed by atoms with Gasteiger partial charge in [-0.05, 0) is 52.7 Å². The SMILES string of the molecule is Cc1ccc([C@H](c2nnnn2Cc2ccc(F)cc2)N2CCN(C(=O)c3ccco3)CC2)cc1. The first kappa shape index (κ1) is 22.0. The van der Waals surface area contributed by atoms with E-state index in [9.17, 15) is 9.18 Å². The van der Waals surface area contributed by atoms with Crippen molar-refractivity contribution in [1.82, 2.24) is 30.0 Å². The van der Waals surface area contributed by atoms with Crippen LogP contribution < -0.4 is 0 Å². The molecule has 9 heteroatoms. The van der Waals surface area contributed by atoms with E-state index >= 15 is 0 Å². The lowest BCUT2D eigenvalue weighted by atomic mass is 10.0. The lowest BCUT2D eigenvalue weighted by molar-refractivity contribution is 0.0559. The Kier molecular flexibility index (Phi) is 6.18. The van der Waals surface area contributed by atoms with Crippen LogP contribution >= 0.6 is 0 Å². The maximum absolute atomic E-state index is 13.4. The molecule has 1 aliphatic heterocycles. The van der Waals surface area contributed by atoms with Gasteiger partial charge in [-0.2, -0.15) is 0 Å². The van der Waals surface area contributed by atoms with Crippen molar-refractivity contribution in [3.8, 4) is 0 Å². The smallest absolute Gasteiger partial charge is 0.289 e. The van der Waals surface area contributed by atoms with Gasteiger partial charge in [-0.3, -0.25) is 9.69 Å². The summed E-state index contributed by atoms with van der Waals surface area (Å²) in [5.41, 5.74) is 3.15. The third-order valence-corrected chi connectivity index (χ3v) is 6.14. The minimum atomic E-state index is -0.278. The van der Waals surface area contributed by atoms with Crippen LogP contribution in [0.4, 0.5) is 4.39 Å². The molecule has 1 fully saturated rings. The van der Waals surface area contributed by atoms with Crippen LogP contribution in [0.5, 0.6) is 0 Å². The minimum absolute atomic E-state index is 0.0994. The number of carbonyl (C=O) groups excluding carboxylic acids is 1. The van der Waals surface area contributed by atoms with Gasteiger partial charge in [0.1, 0.15) is 5.82 Å². The average Bonchev–Trinajstić information content (AvgIpc) is 3.55. The zero-order chi connectivity index (χ0) is 23.5. The monoisotopic (exact) mass is 460 g/mol. The number of halogens is 1. The van der Waals surface area contributed by atoms with Gasteiger partial charge in [0.25, 0.3) is 5.91 Å². The maximum atomic E-state index is 13.4. The summed E-state index contributed by atoms with van der Waals surface area (Å²) in [5, 5.41) is 12.6. The van der Waals surface area contributed by atoms with Crippen LogP contribution in [0.2, 0.25) is 0 Å². The quantitative estimate of drug-likeness (QED) is 0.439. The fourth-order valence-electron chi connectivity index (χ4n) is 4.29. The Morgan fingerprint density at radius 1 is 1.03 bits per heavy atom. The van der Waals surface area contributed by atoms with Crippen molar-refractivity contribution < 1.29 is 13.6 Å². The molecule has 2 aromatic carbocycles. The number of carbonyl (C=O) groups is 1. The Morgan fingerprint density at radius 3 is 2.44 bits per heavy atom. The van der Waals surface area contributed by atoms with Crippen molar-refractivity contribution in [1.29, 1.82) is 0 Å². The van der Waals surface area contributed by atoms with Crippen LogP contribution in [0.3, 0.4) is 0 Å². The van der Waals surface area contributed by atoms with E-state index in [2.05, 4.69) is 51.6 Å². The molecule has 1 amide bonds. The number of aromatic nitrogens is 4. The van der Waals surface area contributed by atoms with Crippen LogP contribution in [-0.4, -0.2) is 62.1 Å². The van der Waals surface area contributed by atoms with Crippen LogP contribution in [0.15, 0.2) is 71.3 Å². The van der Waals surface area contributed by atoms with Gasteiger partial charge >= 0.3 is 0 Å². The number of benzene rings is 2. The van der Waals surface area contributed by atoms with Gasteiger partial charge in [0.15, 0.2) is 11.6 Å². The van der Waals surface area contributed by atoms with E-state index in [1.54, 1.807) is 28.9 Å². The number of hydrogen-bond acceptors (Lipinski definition) is 6. The first-order valence-electron chi connectivity index (χ1n) is 11.2. The van der Waals surface area contributed by atoms with Crippen molar-refractivity contribution >= 4 is 5.91 Å². The fraction of sp³-hybridized carbons (Fsp3) is 0.280. The molecule has 1 aliphatic rings. The summed E-state index contributed by atoms with van der Waals surface area (Å²) in [7, 11) is 0. The van der Waals surface area contributed by atoms with E-state index in [1.807, 2.05) is 4.90 Å². The highest BCUT2D eigenvalue weighted by molar-refractivity contribution is 5.91. The fourth-order valence-corrected chi connectivity index (χ4v) is 4.29. The highest BCUT2D eigenvalue weighted by Gasteiger charge is 2.32. The summed E-state index contributed by atoms with van der Waals surface area (Å²) in [6, 6.07) is 17.9. The summed E-state index contributed by atoms with van der Waals surface area (Å²) in [6.07, 6.45) is 1.51. The lowest BCUT2D eigenvalue weighted by Crippen LogP contribution is -2.50. The summed E-state index contributed by atoms with van der Waals surface area (Å²) in [6.45, 7) is 4.95. The summed E-state index contributed by atoms with van der Waals surface area (Å²) >= 11 is 0. The van der Waals surface area contributed by atoms with Gasteiger partial charge in [-0.1, -0.05) is 42.0 Å². The Hall–Kier alpha value is -3.85. The largest absolute Gasteiger partial charge is 0.459 e. The van der Waals surface area contributed by atoms with Crippen molar-refractivity contribution in [2.75, 3.05) is 26.2 Å². The molecule has 34 heavy (non-hydrogen) atoms. The Bertz CT molecular complexity index is 1230. The molecule has 4 aromatic rings. The number of furan rings is 1. The molecular weight excluding hydrogens is 435 g/mol. The normalized spacial score (nSPS) is 15.4. The molecular formula is C25H25FN6O2. The van der Waals surface area contributed by atoms with Gasteiger partial charge in [0.2, 0.25) is 0 Å². The van der Waals surface area contributed by atoms with E-state index in [1.165, 1.54) is 24.0 Å². The van der Waals surface area contributed by atoms with Gasteiger partial charge in [0, 0.05) is 26.2 Å². The van der Waals surface area contributed by atoms with Crippen molar-refractivity contribution in [3.63, 3.8) is 0 Å². The van der Waals surface area contributed by atoms with E-state index in [-0.39, 0.29) is 17.8 Å². The maximum Gasteiger partial charge on any atom is 0.289 e. The Morgan fingerprint density at radius 2 is 1.76 bits per heavy atom. The van der Waals surface area contributed by atoms with Crippen LogP contribution in [0, 0.1) is 12.7 Å². The molecule has 0 N–H and O–H groups in total. The van der Waals surface area contributed by atoms with Gasteiger partial charge in [0.05, 0.1) is 18.8 Å². The summed E-state index contributed by atoms with van der Waals surface area (Å²) in [4.78, 5) is 16.8. The van der Waals surface area contributed by atoms with Gasteiger partial charge < -0.3 is 9.32 Å². The second-order valence-electron chi connectivity index (χ2n) is 8.44. The molecule has 0 aliphatic carbocycles. The molecule has 3 heterocycles. The Labute approximate surface area is 196 Å². The molecule has 0 bridgehead atoms. The number of rotatable bonds is 6. The molecule has 1 atom stereocenters. The highest BCUT2D eigenvalue weighted by atomic mass is 19.1. The summed E-state index contributed by atoms with van der Waals surface area (Å²) < 4.78 is 20.4. The van der Waals surface area contributed by atoms with E-state index in [0.29, 0.717) is 44.3 Å². The van der Waals surface area contributed by atoms with Crippen LogP contribution in [-0.2, 0) is 6.54 Å². The number of amides is 1. The highest BCUT2D eigenvalue weighted by Crippen LogP contribution is 2.29. The minimum Gasteiger partial charge on any atom is -0.459 e. The van der Waals surface area contributed by atoms with Gasteiger partial charge in [-0.25, -0.2) is 9.07 Å². The van der Waals surface area contributed by atoms with Crippen molar-refractivity contribution in [2.45, 2.75) is 19.5 Å². The molecule has 8 nitrogen and oxygen atoms in total. The standard InChI is InChI=1S/C25H25FN6O2/c1-18-4-8-20(9-5-18)23(24-27-28-29-32(24)17-19-6-10-21(26)11-7-19)30-12-14-31(15-13-30)25(33)22-3-2-16-34-22/h2-11,16,23H,12-15,17H2,1H3/t23-/m1/s1. The second-order valence-corrected chi connectivity index (χ2v) is 8.44. The third-order valence-electron chi connectivity index (χ3n) is 6.14. The number of hydrogen-bond donors (Lipinski definition) is 0. The van der Waals surface area contributed by atoms with Crippen molar-refractivity contribution in [2.24, 2.45) is 0 Å².